The van der Waals surface area contributed by atoms with Gasteiger partial charge in [-0.3, -0.25) is 9.79 Å². The van der Waals surface area contributed by atoms with Gasteiger partial charge in [-0.1, -0.05) is 24.3 Å². The van der Waals surface area contributed by atoms with Gasteiger partial charge in [0.15, 0.2) is 5.78 Å². The molecule has 4 rings (SSSR count). The van der Waals surface area contributed by atoms with E-state index in [4.69, 9.17) is 23.4 Å². The third-order valence-electron chi connectivity index (χ3n) is 4.86. The van der Waals surface area contributed by atoms with Gasteiger partial charge in [-0.25, -0.2) is 0 Å². The molecule has 158 valence electrons. The molecule has 30 heavy (non-hydrogen) atoms. The number of Topliss-reactive ketones (excluding diaryl/α,β-unsaturated/α-hetero) is 1. The van der Waals surface area contributed by atoms with Gasteiger partial charge < -0.3 is 9.64 Å². The fraction of sp³-hybridized carbons (Fsp3) is 0.238. The van der Waals surface area contributed by atoms with E-state index in [1.165, 1.54) is 0 Å². The van der Waals surface area contributed by atoms with E-state index in [2.05, 4.69) is 22.9 Å². The summed E-state index contributed by atoms with van der Waals surface area (Å²) in [5.41, 5.74) is 1.87. The van der Waals surface area contributed by atoms with Crippen LogP contribution in [-0.2, 0) is 0 Å². The summed E-state index contributed by atoms with van der Waals surface area (Å²) in [6.45, 7) is 3.28. The highest BCUT2D eigenvalue weighted by Crippen LogP contribution is 2.25. The summed E-state index contributed by atoms with van der Waals surface area (Å²) >= 11 is 0. The highest BCUT2D eigenvalue weighted by Gasteiger charge is 2.29. The van der Waals surface area contributed by atoms with Crippen molar-refractivity contribution in [3.8, 4) is 5.75 Å². The molecule has 2 aromatic carbocycles. The van der Waals surface area contributed by atoms with Crippen LogP contribution in [0.5, 0.6) is 5.75 Å². The Bertz CT molecular complexity index is 1040. The van der Waals surface area contributed by atoms with Crippen LogP contribution in [0.3, 0.4) is 0 Å². The molecule has 0 radical (unpaired) electrons. The van der Waals surface area contributed by atoms with E-state index in [-0.39, 0.29) is 11.7 Å². The highest BCUT2D eigenvalue weighted by atomic mass is 35.7. The van der Waals surface area contributed by atoms with Gasteiger partial charge >= 0.3 is 0 Å². The molecule has 1 atom stereocenters. The number of halogens is 1. The molecule has 0 aliphatic carbocycles. The first-order valence-corrected chi connectivity index (χ1v) is 10.3. The van der Waals surface area contributed by atoms with Crippen LogP contribution in [0.25, 0.3) is 10.8 Å². The first-order valence-electron chi connectivity index (χ1n) is 9.08. The van der Waals surface area contributed by atoms with Crippen molar-refractivity contribution in [3.63, 3.8) is 0 Å². The number of ketones is 1. The van der Waals surface area contributed by atoms with Crippen LogP contribution in [0.15, 0.2) is 65.3 Å². The molecule has 0 fully saturated rings. The molecule has 0 saturated carbocycles. The zero-order chi connectivity index (χ0) is 21.9. The number of nitrogens with zero attached hydrogens (tertiary/aromatic N) is 2. The van der Waals surface area contributed by atoms with E-state index in [0.717, 1.165) is 33.6 Å². The predicted molar refractivity (Wildman–Crippen MR) is 102 cm³/mol. The topological polar surface area (TPSA) is 131 Å². The molecule has 2 aromatic rings. The Balaban J connectivity index is 0.000000461. The van der Waals surface area contributed by atoms with Crippen molar-refractivity contribution in [1.29, 1.82) is 0 Å². The summed E-state index contributed by atoms with van der Waals surface area (Å²) in [5, 5.41) is 2.11. The Morgan fingerprint density at radius 2 is 1.87 bits per heavy atom. The molecule has 0 aromatic heterocycles. The smallest absolute Gasteiger partial charge is 0.169 e. The number of amidine groups is 1. The van der Waals surface area contributed by atoms with E-state index < -0.39 is 10.2 Å². The lowest BCUT2D eigenvalue weighted by Gasteiger charge is -2.34. The lowest BCUT2D eigenvalue weighted by Crippen LogP contribution is -2.58. The summed E-state index contributed by atoms with van der Waals surface area (Å²) in [6, 6.07) is 11.7. The molecule has 2 aliphatic rings. The molecular weight excluding hydrogens is 412 g/mol. The van der Waals surface area contributed by atoms with Gasteiger partial charge in [-0.2, -0.15) is 14.0 Å². The molecule has 2 heterocycles. The van der Waals surface area contributed by atoms with Crippen LogP contribution in [-0.4, -0.2) is 41.4 Å². The fourth-order valence-corrected chi connectivity index (χ4v) is 3.40. The number of carbonyl (C=O) groups excluding carboxylic acids is 1. The Labute approximate surface area is 175 Å². The Hall–Kier alpha value is -2.75. The van der Waals surface area contributed by atoms with E-state index in [9.17, 15) is 4.79 Å². The first-order chi connectivity index (χ1) is 14.2. The van der Waals surface area contributed by atoms with Crippen molar-refractivity contribution in [3.05, 3.63) is 65.9 Å². The zero-order valence-electron chi connectivity index (χ0n) is 16.4. The lowest BCUT2D eigenvalue weighted by atomic mass is 9.93. The number of benzene rings is 2. The minimum absolute atomic E-state index is 0.116. The van der Waals surface area contributed by atoms with Gasteiger partial charge in [0.05, 0.1) is 34.5 Å². The normalized spacial score (nSPS) is 18.1. The summed E-state index contributed by atoms with van der Waals surface area (Å²) in [7, 11) is -3.04. The van der Waals surface area contributed by atoms with E-state index in [1.54, 1.807) is 7.11 Å². The minimum Gasteiger partial charge on any atom is -0.497 e. The molecule has 1 unspecified atom stereocenters. The number of ether oxygens (including phenoxy) is 1. The van der Waals surface area contributed by atoms with Crippen LogP contribution in [0.4, 0.5) is 0 Å². The Morgan fingerprint density at radius 3 is 2.57 bits per heavy atom. The summed E-state index contributed by atoms with van der Waals surface area (Å²) in [5.74, 6) is 1.81. The van der Waals surface area contributed by atoms with Crippen LogP contribution in [0, 0.1) is 16.2 Å². The highest BCUT2D eigenvalue weighted by molar-refractivity contribution is 6.03. The monoisotopic (exact) mass is 432 g/mol. The number of aliphatic imine (C=N–C) groups is 1. The van der Waals surface area contributed by atoms with Crippen molar-refractivity contribution in [2.75, 3.05) is 20.2 Å². The maximum Gasteiger partial charge on any atom is 0.169 e. The number of carbonyl (C=O) groups is 1. The standard InChI is InChI=1S/C21H20N2O2.ClHO4/c1-14-4-3-5-20-22-12-18(13-23(14)20)21(24)17-7-6-16-11-19(25-2)9-8-15(16)10-17;2-1(3,4)5/h3-11,18H,12-13H2,1-2H3;(H,2,3,4,5). The molecule has 0 bridgehead atoms. The number of rotatable bonds is 3. The Morgan fingerprint density at radius 1 is 1.20 bits per heavy atom. The average Bonchev–Trinajstić information content (AvgIpc) is 2.71. The van der Waals surface area contributed by atoms with Crippen molar-refractivity contribution >= 4 is 22.4 Å². The van der Waals surface area contributed by atoms with Gasteiger partial charge in [0.1, 0.15) is 11.6 Å². The quantitative estimate of drug-likeness (QED) is 0.659. The summed E-state index contributed by atoms with van der Waals surface area (Å²) in [4.78, 5) is 19.7. The SMILES string of the molecule is COc1ccc2cc(C(=O)C3CN=C4C=CC=C(C)N4C3)ccc2c1.[O-][Cl+3]([O-])([O-])O. The van der Waals surface area contributed by atoms with E-state index in [0.29, 0.717) is 13.1 Å². The van der Waals surface area contributed by atoms with E-state index >= 15 is 0 Å². The number of hydrogen-bond acceptors (Lipinski definition) is 8. The van der Waals surface area contributed by atoms with Gasteiger partial charge in [-0.05, 0) is 48.0 Å². The molecule has 8 nitrogen and oxygen atoms in total. The van der Waals surface area contributed by atoms with Crippen molar-refractivity contribution < 1.29 is 38.4 Å². The number of methoxy groups -OCH3 is 1. The van der Waals surface area contributed by atoms with Crippen LogP contribution >= 0.6 is 0 Å². The van der Waals surface area contributed by atoms with Gasteiger partial charge in [0.25, 0.3) is 0 Å². The first kappa shape index (κ1) is 21.9. The fourth-order valence-electron chi connectivity index (χ4n) is 3.40. The molecule has 0 amide bonds. The molecule has 1 N–H and O–H groups in total. The van der Waals surface area contributed by atoms with Crippen LogP contribution < -0.4 is 18.7 Å². The maximum absolute atomic E-state index is 13.0. The van der Waals surface area contributed by atoms with Crippen molar-refractivity contribution in [2.24, 2.45) is 10.9 Å². The third kappa shape index (κ3) is 5.44. The van der Waals surface area contributed by atoms with Crippen LogP contribution in [0.1, 0.15) is 17.3 Å². The largest absolute Gasteiger partial charge is 0.497 e. The molecule has 9 heteroatoms. The number of allylic oxidation sites excluding steroid dienone is 3. The van der Waals surface area contributed by atoms with Gasteiger partial charge in [0, 0.05) is 17.8 Å². The second-order valence-corrected chi connectivity index (χ2v) is 7.65. The second kappa shape index (κ2) is 8.95. The van der Waals surface area contributed by atoms with Crippen molar-refractivity contribution in [2.45, 2.75) is 6.92 Å². The number of fused-ring (bicyclic) bond motifs is 2. The summed E-state index contributed by atoms with van der Waals surface area (Å²) in [6.07, 6.45) is 6.05. The lowest BCUT2D eigenvalue weighted by molar-refractivity contribution is -1.92. The maximum atomic E-state index is 13.0. The molecule has 0 spiro atoms. The van der Waals surface area contributed by atoms with Gasteiger partial charge in [0.2, 0.25) is 0 Å². The number of hydrogen-bond donors (Lipinski definition) is 1. The second-order valence-electron chi connectivity index (χ2n) is 6.86. The average molecular weight is 433 g/mol. The van der Waals surface area contributed by atoms with Gasteiger partial charge in [-0.15, -0.1) is 0 Å². The zero-order valence-corrected chi connectivity index (χ0v) is 17.2. The van der Waals surface area contributed by atoms with E-state index in [1.807, 2.05) is 48.6 Å². The molecule has 2 aliphatic heterocycles. The van der Waals surface area contributed by atoms with Crippen LogP contribution in [0.2, 0.25) is 0 Å². The molecule has 0 saturated heterocycles. The third-order valence-corrected chi connectivity index (χ3v) is 4.86. The van der Waals surface area contributed by atoms with Crippen molar-refractivity contribution in [1.82, 2.24) is 4.90 Å². The predicted octanol–water partition coefficient (Wildman–Crippen LogP) is -0.289. The molecular formula is C21H21ClN2O6. The Kier molecular flexibility index (Phi) is 6.55. The summed E-state index contributed by atoms with van der Waals surface area (Å²) < 4.78 is 38.0. The minimum atomic E-state index is -4.69.